The molecule has 24 heavy (non-hydrogen) atoms. The average Bonchev–Trinajstić information content (AvgIpc) is 3.03. The lowest BCUT2D eigenvalue weighted by molar-refractivity contribution is -0.293. The molecule has 0 atom stereocenters. The molecule has 0 N–H and O–H groups in total. The van der Waals surface area contributed by atoms with Crippen molar-refractivity contribution in [3.63, 3.8) is 0 Å². The van der Waals surface area contributed by atoms with Gasteiger partial charge < -0.3 is 0 Å². The van der Waals surface area contributed by atoms with Gasteiger partial charge in [0.15, 0.2) is 5.82 Å². The maximum absolute atomic E-state index is 13.7. The molecule has 2 heterocycles. The van der Waals surface area contributed by atoms with E-state index in [9.17, 15) is 26.7 Å². The summed E-state index contributed by atoms with van der Waals surface area (Å²) in [5, 5.41) is 6.92. The molecule has 2 rings (SSSR count). The zero-order valence-electron chi connectivity index (χ0n) is 12.8. The van der Waals surface area contributed by atoms with Crippen molar-refractivity contribution in [2.75, 3.05) is 0 Å². The first-order valence-corrected chi connectivity index (χ1v) is 6.63. The first kappa shape index (κ1) is 17.9. The highest BCUT2D eigenvalue weighted by Gasteiger charge is 2.62. The predicted molar refractivity (Wildman–Crippen MR) is 69.3 cm³/mol. The van der Waals surface area contributed by atoms with Crippen LogP contribution in [0.25, 0.3) is 0 Å². The summed E-state index contributed by atoms with van der Waals surface area (Å²) in [6.07, 6.45) is -4.17. The molecule has 0 spiro atoms. The Morgan fingerprint density at radius 1 is 1.17 bits per heavy atom. The van der Waals surface area contributed by atoms with Crippen molar-refractivity contribution >= 4 is 6.03 Å². The largest absolute Gasteiger partial charge is 0.461 e. The second-order valence-electron chi connectivity index (χ2n) is 6.20. The van der Waals surface area contributed by atoms with Crippen LogP contribution < -0.4 is 0 Å². The molecule has 0 saturated heterocycles. The van der Waals surface area contributed by atoms with Gasteiger partial charge in [-0.05, 0) is 5.41 Å². The third-order valence-electron chi connectivity index (χ3n) is 2.77. The molecule has 0 aromatic carbocycles. The molecular formula is C12H13F5N6O. The normalized spacial score (nSPS) is 13.3. The summed E-state index contributed by atoms with van der Waals surface area (Å²) >= 11 is 0. The van der Waals surface area contributed by atoms with Crippen LogP contribution in [0, 0.1) is 5.41 Å². The fourth-order valence-electron chi connectivity index (χ4n) is 1.77. The Bertz CT molecular complexity index is 728. The summed E-state index contributed by atoms with van der Waals surface area (Å²) in [7, 11) is 0. The summed E-state index contributed by atoms with van der Waals surface area (Å²) in [6.45, 7) is 5.15. The van der Waals surface area contributed by atoms with Crippen molar-refractivity contribution in [3.05, 3.63) is 24.3 Å². The Balaban J connectivity index is 2.57. The molecule has 0 aliphatic rings. The zero-order valence-corrected chi connectivity index (χ0v) is 12.8. The van der Waals surface area contributed by atoms with Gasteiger partial charge in [0, 0.05) is 6.42 Å². The van der Waals surface area contributed by atoms with E-state index in [1.807, 2.05) is 0 Å². The van der Waals surface area contributed by atoms with Crippen molar-refractivity contribution in [1.29, 1.82) is 0 Å². The molecule has 0 bridgehead atoms. The number of halogens is 5. The van der Waals surface area contributed by atoms with E-state index < -0.39 is 29.4 Å². The second kappa shape index (κ2) is 5.60. The SMILES string of the molecule is CC(C)(C)Cc1nc(C(F)(F)C(F)(F)F)n(C(=O)n2cncn2)n1. The molecule has 7 nitrogen and oxygen atoms in total. The molecular weight excluding hydrogens is 339 g/mol. The van der Waals surface area contributed by atoms with Crippen molar-refractivity contribution in [1.82, 2.24) is 29.5 Å². The van der Waals surface area contributed by atoms with Gasteiger partial charge in [-0.15, -0.1) is 5.10 Å². The summed E-state index contributed by atoms with van der Waals surface area (Å²) in [5.74, 6) is -7.48. The predicted octanol–water partition coefficient (Wildman–Crippen LogP) is 2.63. The highest BCUT2D eigenvalue weighted by molar-refractivity contribution is 5.77. The van der Waals surface area contributed by atoms with Gasteiger partial charge >= 0.3 is 18.1 Å². The summed E-state index contributed by atoms with van der Waals surface area (Å²) in [6, 6.07) is -1.35. The standard InChI is InChI=1S/C12H13F5N6O/c1-10(2,3)4-7-20-8(11(13,14)12(15,16)17)23(21-7)9(24)22-6-18-5-19-22/h5-6H,4H2,1-3H3. The van der Waals surface area contributed by atoms with Crippen LogP contribution in [0.5, 0.6) is 0 Å². The number of rotatable bonds is 2. The molecule has 0 aliphatic heterocycles. The van der Waals surface area contributed by atoms with Crippen LogP contribution in [-0.4, -0.2) is 41.7 Å². The summed E-state index contributed by atoms with van der Waals surface area (Å²) in [4.78, 5) is 18.8. The number of alkyl halides is 5. The van der Waals surface area contributed by atoms with Crippen molar-refractivity contribution in [2.45, 2.75) is 39.3 Å². The summed E-state index contributed by atoms with van der Waals surface area (Å²) in [5.41, 5.74) is -0.493. The van der Waals surface area contributed by atoms with Crippen LogP contribution in [0.1, 0.15) is 32.4 Å². The quantitative estimate of drug-likeness (QED) is 0.777. The highest BCUT2D eigenvalue weighted by Crippen LogP contribution is 2.43. The molecule has 0 amide bonds. The number of carbonyl (C=O) groups is 1. The van der Waals surface area contributed by atoms with E-state index in [2.05, 4.69) is 20.2 Å². The number of carbonyl (C=O) groups excluding carboxylic acids is 1. The Morgan fingerprint density at radius 2 is 1.79 bits per heavy atom. The first-order valence-electron chi connectivity index (χ1n) is 6.63. The molecule has 0 fully saturated rings. The minimum absolute atomic E-state index is 0.00836. The average molecular weight is 352 g/mol. The smallest absolute Gasteiger partial charge is 0.243 e. The van der Waals surface area contributed by atoms with E-state index in [-0.39, 0.29) is 16.9 Å². The van der Waals surface area contributed by atoms with Crippen LogP contribution in [-0.2, 0) is 12.3 Å². The second-order valence-corrected chi connectivity index (χ2v) is 6.20. The van der Waals surface area contributed by atoms with Crippen LogP contribution in [0.4, 0.5) is 26.7 Å². The van der Waals surface area contributed by atoms with Gasteiger partial charge in [0.2, 0.25) is 5.82 Å². The van der Waals surface area contributed by atoms with E-state index in [0.717, 1.165) is 12.7 Å². The van der Waals surface area contributed by atoms with Gasteiger partial charge in [0.05, 0.1) is 0 Å². The van der Waals surface area contributed by atoms with Gasteiger partial charge in [-0.2, -0.15) is 36.4 Å². The van der Waals surface area contributed by atoms with Crippen LogP contribution in [0.3, 0.4) is 0 Å². The minimum Gasteiger partial charge on any atom is -0.243 e. The van der Waals surface area contributed by atoms with E-state index in [1.165, 1.54) is 0 Å². The number of aromatic nitrogens is 6. The molecule has 0 saturated carbocycles. The maximum Gasteiger partial charge on any atom is 0.461 e. The minimum atomic E-state index is -5.93. The Morgan fingerprint density at radius 3 is 2.25 bits per heavy atom. The van der Waals surface area contributed by atoms with Gasteiger partial charge in [0.25, 0.3) is 0 Å². The molecule has 0 unspecified atom stereocenters. The van der Waals surface area contributed by atoms with E-state index >= 15 is 0 Å². The van der Waals surface area contributed by atoms with E-state index in [4.69, 9.17) is 0 Å². The fraction of sp³-hybridized carbons (Fsp3) is 0.583. The Hall–Kier alpha value is -2.40. The van der Waals surface area contributed by atoms with E-state index in [1.54, 1.807) is 20.8 Å². The molecule has 2 aromatic rings. The molecule has 2 aromatic heterocycles. The number of hydrogen-bond acceptors (Lipinski definition) is 5. The monoisotopic (exact) mass is 352 g/mol. The number of nitrogens with zero attached hydrogens (tertiary/aromatic N) is 6. The van der Waals surface area contributed by atoms with Crippen molar-refractivity contribution < 1.29 is 26.7 Å². The third kappa shape index (κ3) is 3.41. The lowest BCUT2D eigenvalue weighted by atomic mass is 9.92. The van der Waals surface area contributed by atoms with Crippen LogP contribution >= 0.6 is 0 Å². The molecule has 0 aliphatic carbocycles. The zero-order chi connectivity index (χ0) is 18.3. The fourth-order valence-corrected chi connectivity index (χ4v) is 1.77. The number of hydrogen-bond donors (Lipinski definition) is 0. The molecule has 132 valence electrons. The molecule has 12 heteroatoms. The van der Waals surface area contributed by atoms with E-state index in [0.29, 0.717) is 4.68 Å². The maximum atomic E-state index is 13.7. The Kier molecular flexibility index (Phi) is 4.19. The van der Waals surface area contributed by atoms with Gasteiger partial charge in [-0.1, -0.05) is 20.8 Å². The highest BCUT2D eigenvalue weighted by atomic mass is 19.4. The van der Waals surface area contributed by atoms with Crippen LogP contribution in [0.2, 0.25) is 0 Å². The topological polar surface area (TPSA) is 78.5 Å². The van der Waals surface area contributed by atoms with Gasteiger partial charge in [-0.25, -0.2) is 14.8 Å². The first-order chi connectivity index (χ1) is 10.8. The Labute approximate surface area is 132 Å². The molecule has 0 radical (unpaired) electrons. The van der Waals surface area contributed by atoms with Crippen molar-refractivity contribution in [2.24, 2.45) is 5.41 Å². The van der Waals surface area contributed by atoms with Gasteiger partial charge in [-0.3, -0.25) is 0 Å². The van der Waals surface area contributed by atoms with Crippen molar-refractivity contribution in [3.8, 4) is 0 Å². The van der Waals surface area contributed by atoms with Crippen LogP contribution in [0.15, 0.2) is 12.7 Å². The summed E-state index contributed by atoms with van der Waals surface area (Å²) < 4.78 is 65.9. The third-order valence-corrected chi connectivity index (χ3v) is 2.77. The lowest BCUT2D eigenvalue weighted by Crippen LogP contribution is -2.38. The van der Waals surface area contributed by atoms with Gasteiger partial charge in [0.1, 0.15) is 12.7 Å². The lowest BCUT2D eigenvalue weighted by Gasteiger charge is -2.18.